The zero-order chi connectivity index (χ0) is 16.4. The topological polar surface area (TPSA) is 42.4 Å². The van der Waals surface area contributed by atoms with Gasteiger partial charge in [0, 0.05) is 25.9 Å². The molecule has 1 saturated heterocycles. The Morgan fingerprint density at radius 2 is 1.87 bits per heavy atom. The molecule has 5 heteroatoms. The van der Waals surface area contributed by atoms with Gasteiger partial charge in [-0.1, -0.05) is 18.2 Å². The van der Waals surface area contributed by atoms with Crippen LogP contribution in [-0.4, -0.2) is 35.0 Å². The van der Waals surface area contributed by atoms with Gasteiger partial charge in [-0.05, 0) is 31.9 Å². The van der Waals surface area contributed by atoms with Gasteiger partial charge in [0.2, 0.25) is 0 Å². The molecule has 122 valence electrons. The van der Waals surface area contributed by atoms with Crippen LogP contribution in [0.2, 0.25) is 0 Å². The van der Waals surface area contributed by atoms with Gasteiger partial charge in [-0.3, -0.25) is 4.79 Å². The molecular formula is C18H22N2O2S. The number of amides is 1. The van der Waals surface area contributed by atoms with Crippen LogP contribution in [0.25, 0.3) is 0 Å². The number of para-hydroxylation sites is 1. The molecule has 0 aliphatic carbocycles. The van der Waals surface area contributed by atoms with Crippen LogP contribution < -0.4 is 4.74 Å². The summed E-state index contributed by atoms with van der Waals surface area (Å²) in [6.07, 6.45) is 1.93. The van der Waals surface area contributed by atoms with Crippen LogP contribution >= 0.6 is 11.3 Å². The molecule has 2 heterocycles. The first-order chi connectivity index (χ1) is 11.1. The number of nitrogens with zero attached hydrogens (tertiary/aromatic N) is 2. The zero-order valence-corrected chi connectivity index (χ0v) is 14.7. The van der Waals surface area contributed by atoms with Crippen molar-refractivity contribution in [3.63, 3.8) is 0 Å². The number of rotatable bonds is 3. The van der Waals surface area contributed by atoms with Crippen molar-refractivity contribution in [3.8, 4) is 5.75 Å². The van der Waals surface area contributed by atoms with Gasteiger partial charge >= 0.3 is 0 Å². The van der Waals surface area contributed by atoms with E-state index in [-0.39, 0.29) is 12.0 Å². The summed E-state index contributed by atoms with van der Waals surface area (Å²) in [6.45, 7) is 7.53. The molecule has 1 amide bonds. The molecule has 3 rings (SSSR count). The van der Waals surface area contributed by atoms with Gasteiger partial charge < -0.3 is 9.64 Å². The predicted molar refractivity (Wildman–Crippen MR) is 92.3 cm³/mol. The second kappa shape index (κ2) is 6.71. The molecule has 1 aromatic carbocycles. The van der Waals surface area contributed by atoms with Crippen molar-refractivity contribution in [2.45, 2.75) is 39.7 Å². The van der Waals surface area contributed by atoms with Crippen LogP contribution in [0.15, 0.2) is 23.7 Å². The molecule has 0 atom stereocenters. The molecule has 0 saturated carbocycles. The third kappa shape index (κ3) is 3.39. The van der Waals surface area contributed by atoms with Gasteiger partial charge in [0.1, 0.15) is 16.7 Å². The van der Waals surface area contributed by atoms with E-state index in [9.17, 15) is 4.79 Å². The summed E-state index contributed by atoms with van der Waals surface area (Å²) in [5.41, 5.74) is 4.90. The molecule has 0 bridgehead atoms. The zero-order valence-electron chi connectivity index (χ0n) is 13.8. The summed E-state index contributed by atoms with van der Waals surface area (Å²) in [7, 11) is 0. The molecule has 1 aliphatic rings. The Hall–Kier alpha value is -1.88. The number of thiazole rings is 1. The predicted octanol–water partition coefficient (Wildman–Crippen LogP) is 3.75. The van der Waals surface area contributed by atoms with Gasteiger partial charge in [0.25, 0.3) is 5.91 Å². The number of aryl methyl sites for hydroxylation is 3. The largest absolute Gasteiger partial charge is 0.490 e. The second-order valence-corrected chi connectivity index (χ2v) is 6.95. The maximum atomic E-state index is 12.5. The number of benzene rings is 1. The molecule has 0 spiro atoms. The second-order valence-electron chi connectivity index (χ2n) is 6.10. The van der Waals surface area contributed by atoms with Gasteiger partial charge in [-0.15, -0.1) is 11.3 Å². The fourth-order valence-corrected chi connectivity index (χ4v) is 3.75. The van der Waals surface area contributed by atoms with Gasteiger partial charge in [0.15, 0.2) is 0 Å². The highest BCUT2D eigenvalue weighted by Gasteiger charge is 2.26. The van der Waals surface area contributed by atoms with Crippen molar-refractivity contribution < 1.29 is 9.53 Å². The summed E-state index contributed by atoms with van der Waals surface area (Å²) < 4.78 is 6.21. The lowest BCUT2D eigenvalue weighted by Crippen LogP contribution is -2.41. The number of aromatic nitrogens is 1. The Morgan fingerprint density at radius 3 is 2.43 bits per heavy atom. The van der Waals surface area contributed by atoms with E-state index in [1.807, 2.05) is 11.8 Å². The van der Waals surface area contributed by atoms with E-state index in [0.29, 0.717) is 0 Å². The van der Waals surface area contributed by atoms with Crippen molar-refractivity contribution in [3.05, 3.63) is 45.4 Å². The lowest BCUT2D eigenvalue weighted by Gasteiger charge is -2.32. The first-order valence-electron chi connectivity index (χ1n) is 7.98. The Labute approximate surface area is 141 Å². The molecule has 0 N–H and O–H groups in total. The van der Waals surface area contributed by atoms with E-state index in [2.05, 4.69) is 37.0 Å². The molecular weight excluding hydrogens is 308 g/mol. The minimum atomic E-state index is 0.107. The number of carbonyl (C=O) groups excluding carboxylic acids is 1. The Balaban J connectivity index is 1.61. The standard InChI is InChI=1S/C18H22N2O2S/c1-12-5-4-6-13(2)16(12)22-15-7-9-20(10-8-15)18(21)17-14(3)19-11-23-17/h4-6,11,15H,7-10H2,1-3H3. The van der Waals surface area contributed by atoms with Crippen molar-refractivity contribution in [2.24, 2.45) is 0 Å². The van der Waals surface area contributed by atoms with Crippen molar-refractivity contribution in [1.29, 1.82) is 0 Å². The van der Waals surface area contributed by atoms with Crippen LogP contribution in [0.1, 0.15) is 39.3 Å². The summed E-state index contributed by atoms with van der Waals surface area (Å²) in [6, 6.07) is 6.21. The fourth-order valence-electron chi connectivity index (χ4n) is 2.98. The average molecular weight is 330 g/mol. The minimum Gasteiger partial charge on any atom is -0.490 e. The number of ether oxygens (including phenoxy) is 1. The minimum absolute atomic E-state index is 0.107. The van der Waals surface area contributed by atoms with Gasteiger partial charge in [-0.2, -0.15) is 0 Å². The fraction of sp³-hybridized carbons (Fsp3) is 0.444. The van der Waals surface area contributed by atoms with E-state index in [0.717, 1.165) is 42.3 Å². The van der Waals surface area contributed by atoms with E-state index in [4.69, 9.17) is 4.74 Å². The number of piperidine rings is 1. The van der Waals surface area contributed by atoms with Gasteiger partial charge in [-0.25, -0.2) is 4.98 Å². The summed E-state index contributed by atoms with van der Waals surface area (Å²) >= 11 is 1.43. The molecule has 23 heavy (non-hydrogen) atoms. The van der Waals surface area contributed by atoms with Crippen molar-refractivity contribution in [2.75, 3.05) is 13.1 Å². The van der Waals surface area contributed by atoms with E-state index in [1.54, 1.807) is 5.51 Å². The first kappa shape index (κ1) is 16.0. The maximum absolute atomic E-state index is 12.5. The number of likely N-dealkylation sites (tertiary alicyclic amines) is 1. The highest BCUT2D eigenvalue weighted by Crippen LogP contribution is 2.27. The Kier molecular flexibility index (Phi) is 4.66. The lowest BCUT2D eigenvalue weighted by molar-refractivity contribution is 0.0596. The Morgan fingerprint density at radius 1 is 1.22 bits per heavy atom. The highest BCUT2D eigenvalue weighted by atomic mass is 32.1. The average Bonchev–Trinajstić information content (AvgIpc) is 2.97. The van der Waals surface area contributed by atoms with Crippen LogP contribution in [0.5, 0.6) is 5.75 Å². The quantitative estimate of drug-likeness (QED) is 0.861. The monoisotopic (exact) mass is 330 g/mol. The first-order valence-corrected chi connectivity index (χ1v) is 8.86. The SMILES string of the molecule is Cc1cccc(C)c1OC1CCN(C(=O)c2scnc2C)CC1. The van der Waals surface area contributed by atoms with Crippen molar-refractivity contribution in [1.82, 2.24) is 9.88 Å². The number of hydrogen-bond donors (Lipinski definition) is 0. The van der Waals surface area contributed by atoms with E-state index >= 15 is 0 Å². The smallest absolute Gasteiger partial charge is 0.265 e. The lowest BCUT2D eigenvalue weighted by atomic mass is 10.1. The number of hydrogen-bond acceptors (Lipinski definition) is 4. The maximum Gasteiger partial charge on any atom is 0.265 e. The molecule has 4 nitrogen and oxygen atoms in total. The van der Waals surface area contributed by atoms with Gasteiger partial charge in [0.05, 0.1) is 11.2 Å². The van der Waals surface area contributed by atoms with Crippen LogP contribution in [0.4, 0.5) is 0 Å². The molecule has 0 unspecified atom stereocenters. The molecule has 1 fully saturated rings. The van der Waals surface area contributed by atoms with Crippen LogP contribution in [0, 0.1) is 20.8 Å². The molecule has 0 radical (unpaired) electrons. The summed E-state index contributed by atoms with van der Waals surface area (Å²) in [5.74, 6) is 1.10. The number of carbonyl (C=O) groups is 1. The third-order valence-corrected chi connectivity index (χ3v) is 5.28. The highest BCUT2D eigenvalue weighted by molar-refractivity contribution is 7.11. The summed E-state index contributed by atoms with van der Waals surface area (Å²) in [5, 5.41) is 0. The Bertz CT molecular complexity index is 683. The molecule has 2 aromatic rings. The molecule has 1 aromatic heterocycles. The normalized spacial score (nSPS) is 15.7. The van der Waals surface area contributed by atoms with Crippen molar-refractivity contribution >= 4 is 17.2 Å². The summed E-state index contributed by atoms with van der Waals surface area (Å²) in [4.78, 5) is 19.4. The third-order valence-electron chi connectivity index (χ3n) is 4.36. The molecule has 1 aliphatic heterocycles. The van der Waals surface area contributed by atoms with E-state index in [1.165, 1.54) is 22.5 Å². The van der Waals surface area contributed by atoms with E-state index < -0.39 is 0 Å². The van der Waals surface area contributed by atoms with Crippen LogP contribution in [-0.2, 0) is 0 Å². The van der Waals surface area contributed by atoms with Crippen LogP contribution in [0.3, 0.4) is 0 Å².